The number of aromatic nitrogens is 1. The van der Waals surface area contributed by atoms with Crippen molar-refractivity contribution >= 4 is 22.8 Å². The number of pyridine rings is 1. The fourth-order valence-corrected chi connectivity index (χ4v) is 3.81. The van der Waals surface area contributed by atoms with Gasteiger partial charge in [-0.05, 0) is 23.3 Å². The molecule has 0 fully saturated rings. The molecule has 0 aliphatic carbocycles. The molecule has 0 aliphatic rings. The minimum absolute atomic E-state index is 0.236. The third kappa shape index (κ3) is 4.83. The molecule has 1 amide bonds. The highest BCUT2D eigenvalue weighted by Crippen LogP contribution is 2.25. The highest BCUT2D eigenvalue weighted by molar-refractivity contribution is 5.91. The molecule has 0 saturated carbocycles. The average molecular weight is 425 g/mol. The maximum atomic E-state index is 13.4. The third-order valence-corrected chi connectivity index (χ3v) is 5.40. The molecule has 0 aliphatic heterocycles. The van der Waals surface area contributed by atoms with E-state index in [0.29, 0.717) is 5.69 Å². The van der Waals surface area contributed by atoms with E-state index in [1.54, 1.807) is 0 Å². The van der Waals surface area contributed by atoms with Gasteiger partial charge in [-0.3, -0.25) is 9.78 Å². The molecule has 1 aromatic heterocycles. The van der Waals surface area contributed by atoms with Crippen LogP contribution in [0.15, 0.2) is 97.1 Å². The van der Waals surface area contributed by atoms with E-state index in [0.717, 1.165) is 22.0 Å². The normalized spacial score (nSPS) is 11.8. The van der Waals surface area contributed by atoms with Crippen LogP contribution in [0.1, 0.15) is 22.7 Å². The van der Waals surface area contributed by atoms with Gasteiger partial charge < -0.3 is 10.1 Å². The lowest BCUT2D eigenvalue weighted by molar-refractivity contribution is -0.145. The van der Waals surface area contributed by atoms with Crippen molar-refractivity contribution in [1.82, 2.24) is 10.3 Å². The first kappa shape index (κ1) is 21.2. The smallest absolute Gasteiger partial charge is 0.328 e. The Bertz CT molecular complexity index is 1170. The Kier molecular flexibility index (Phi) is 6.56. The Labute approximate surface area is 187 Å². The summed E-state index contributed by atoms with van der Waals surface area (Å²) in [7, 11) is 1.32. The lowest BCUT2D eigenvalue weighted by atomic mass is 9.90. The second-order valence-electron chi connectivity index (χ2n) is 7.54. The number of amides is 1. The first-order valence-corrected chi connectivity index (χ1v) is 10.5. The number of fused-ring (bicyclic) bond motifs is 1. The van der Waals surface area contributed by atoms with E-state index < -0.39 is 17.9 Å². The Morgan fingerprint density at radius 1 is 0.812 bits per heavy atom. The standard InChI is InChI=1S/C27H24N2O3/c1-32-27(31)24(18-22-17-16-19-10-8-9-15-23(19)28-22)29-26(30)25(20-11-4-2-5-12-20)21-13-6-3-7-14-21/h2-17,24-25H,18H2,1H3,(H,29,30)/t24-/m0/s1. The van der Waals surface area contributed by atoms with Crippen molar-refractivity contribution in [3.63, 3.8) is 0 Å². The predicted molar refractivity (Wildman–Crippen MR) is 124 cm³/mol. The molecule has 0 spiro atoms. The maximum absolute atomic E-state index is 13.4. The topological polar surface area (TPSA) is 68.3 Å². The van der Waals surface area contributed by atoms with Crippen LogP contribution in [0.4, 0.5) is 0 Å². The van der Waals surface area contributed by atoms with Gasteiger partial charge in [0, 0.05) is 17.5 Å². The number of benzene rings is 3. The molecule has 1 atom stereocenters. The monoisotopic (exact) mass is 424 g/mol. The summed E-state index contributed by atoms with van der Waals surface area (Å²) in [6.07, 6.45) is 0.236. The molecule has 160 valence electrons. The van der Waals surface area contributed by atoms with Crippen molar-refractivity contribution in [3.8, 4) is 0 Å². The van der Waals surface area contributed by atoms with Gasteiger partial charge in [-0.2, -0.15) is 0 Å². The van der Waals surface area contributed by atoms with Gasteiger partial charge in [0.2, 0.25) is 5.91 Å². The van der Waals surface area contributed by atoms with Crippen LogP contribution in [0.5, 0.6) is 0 Å². The van der Waals surface area contributed by atoms with Crippen molar-refractivity contribution in [2.75, 3.05) is 7.11 Å². The Hall–Kier alpha value is -3.99. The molecular weight excluding hydrogens is 400 g/mol. The van der Waals surface area contributed by atoms with Crippen LogP contribution in [0.2, 0.25) is 0 Å². The second-order valence-corrected chi connectivity index (χ2v) is 7.54. The molecule has 5 nitrogen and oxygen atoms in total. The number of nitrogens with one attached hydrogen (secondary N) is 1. The maximum Gasteiger partial charge on any atom is 0.328 e. The molecule has 3 aromatic carbocycles. The molecule has 0 radical (unpaired) electrons. The largest absolute Gasteiger partial charge is 0.467 e. The van der Waals surface area contributed by atoms with Gasteiger partial charge >= 0.3 is 5.97 Å². The van der Waals surface area contributed by atoms with E-state index in [1.807, 2.05) is 97.1 Å². The Morgan fingerprint density at radius 2 is 1.41 bits per heavy atom. The van der Waals surface area contributed by atoms with E-state index in [1.165, 1.54) is 7.11 Å². The molecule has 0 bridgehead atoms. The molecule has 32 heavy (non-hydrogen) atoms. The number of esters is 1. The lowest BCUT2D eigenvalue weighted by Gasteiger charge is -2.22. The fourth-order valence-electron chi connectivity index (χ4n) is 3.81. The first-order valence-electron chi connectivity index (χ1n) is 10.5. The van der Waals surface area contributed by atoms with Gasteiger partial charge in [0.05, 0.1) is 18.5 Å². The number of rotatable bonds is 7. The van der Waals surface area contributed by atoms with Crippen molar-refractivity contribution in [2.24, 2.45) is 0 Å². The van der Waals surface area contributed by atoms with Crippen LogP contribution in [-0.4, -0.2) is 30.0 Å². The summed E-state index contributed by atoms with van der Waals surface area (Å²) in [6, 6.07) is 29.8. The predicted octanol–water partition coefficient (Wildman–Crippen LogP) is 4.27. The van der Waals surface area contributed by atoms with E-state index in [-0.39, 0.29) is 12.3 Å². The minimum Gasteiger partial charge on any atom is -0.467 e. The molecule has 0 saturated heterocycles. The molecule has 1 N–H and O–H groups in total. The number of hydrogen-bond donors (Lipinski definition) is 1. The van der Waals surface area contributed by atoms with Gasteiger partial charge in [-0.1, -0.05) is 84.9 Å². The first-order chi connectivity index (χ1) is 15.7. The van der Waals surface area contributed by atoms with Gasteiger partial charge in [-0.25, -0.2) is 4.79 Å². The number of carbonyl (C=O) groups is 2. The zero-order valence-electron chi connectivity index (χ0n) is 17.8. The number of ether oxygens (including phenoxy) is 1. The van der Waals surface area contributed by atoms with E-state index in [2.05, 4.69) is 10.3 Å². The summed E-state index contributed by atoms with van der Waals surface area (Å²) in [4.78, 5) is 30.6. The number of nitrogens with zero attached hydrogens (tertiary/aromatic N) is 1. The van der Waals surface area contributed by atoms with Crippen LogP contribution in [0.3, 0.4) is 0 Å². The van der Waals surface area contributed by atoms with Crippen LogP contribution in [0, 0.1) is 0 Å². The third-order valence-electron chi connectivity index (χ3n) is 5.40. The summed E-state index contributed by atoms with van der Waals surface area (Å²) in [5, 5.41) is 3.92. The summed E-state index contributed by atoms with van der Waals surface area (Å²) in [5.74, 6) is -1.32. The highest BCUT2D eigenvalue weighted by Gasteiger charge is 2.28. The summed E-state index contributed by atoms with van der Waals surface area (Å²) < 4.78 is 4.98. The molecule has 5 heteroatoms. The fraction of sp³-hybridized carbons (Fsp3) is 0.148. The van der Waals surface area contributed by atoms with Gasteiger partial charge in [-0.15, -0.1) is 0 Å². The minimum atomic E-state index is -0.851. The molecule has 4 rings (SSSR count). The number of methoxy groups -OCH3 is 1. The van der Waals surface area contributed by atoms with E-state index in [9.17, 15) is 9.59 Å². The Balaban J connectivity index is 1.61. The van der Waals surface area contributed by atoms with Gasteiger partial charge in [0.15, 0.2) is 0 Å². The molecule has 0 unspecified atom stereocenters. The summed E-state index contributed by atoms with van der Waals surface area (Å²) in [5.41, 5.74) is 3.24. The van der Waals surface area contributed by atoms with Crippen LogP contribution >= 0.6 is 0 Å². The average Bonchev–Trinajstić information content (AvgIpc) is 2.84. The van der Waals surface area contributed by atoms with Crippen molar-refractivity contribution in [1.29, 1.82) is 0 Å². The molecule has 4 aromatic rings. The zero-order valence-corrected chi connectivity index (χ0v) is 17.8. The van der Waals surface area contributed by atoms with Crippen LogP contribution in [0.25, 0.3) is 10.9 Å². The highest BCUT2D eigenvalue weighted by atomic mass is 16.5. The second kappa shape index (κ2) is 9.88. The SMILES string of the molecule is COC(=O)[C@H](Cc1ccc2ccccc2n1)NC(=O)C(c1ccccc1)c1ccccc1. The van der Waals surface area contributed by atoms with Crippen molar-refractivity contribution < 1.29 is 14.3 Å². The number of hydrogen-bond acceptors (Lipinski definition) is 4. The molecular formula is C27H24N2O3. The van der Waals surface area contributed by atoms with Crippen LogP contribution in [-0.2, 0) is 20.7 Å². The van der Waals surface area contributed by atoms with Crippen molar-refractivity contribution in [2.45, 2.75) is 18.4 Å². The quantitative estimate of drug-likeness (QED) is 0.450. The van der Waals surface area contributed by atoms with E-state index in [4.69, 9.17) is 4.74 Å². The van der Waals surface area contributed by atoms with Crippen LogP contribution < -0.4 is 5.32 Å². The van der Waals surface area contributed by atoms with E-state index >= 15 is 0 Å². The summed E-state index contributed by atoms with van der Waals surface area (Å²) >= 11 is 0. The lowest BCUT2D eigenvalue weighted by Crippen LogP contribution is -2.45. The molecule has 1 heterocycles. The zero-order chi connectivity index (χ0) is 22.3. The van der Waals surface area contributed by atoms with Gasteiger partial charge in [0.25, 0.3) is 0 Å². The number of para-hydroxylation sites is 1. The summed E-state index contributed by atoms with van der Waals surface area (Å²) in [6.45, 7) is 0. The number of carbonyl (C=O) groups excluding carboxylic acids is 2. The van der Waals surface area contributed by atoms with Gasteiger partial charge in [0.1, 0.15) is 6.04 Å². The Morgan fingerprint density at radius 3 is 2.03 bits per heavy atom. The van der Waals surface area contributed by atoms with Crippen molar-refractivity contribution in [3.05, 3.63) is 114 Å².